The second kappa shape index (κ2) is 12.4. The van der Waals surface area contributed by atoms with E-state index >= 15 is 0 Å². The molecular formula is C28H38N4O3S. The van der Waals surface area contributed by atoms with E-state index in [9.17, 15) is 14.4 Å². The Labute approximate surface area is 218 Å². The fourth-order valence-corrected chi connectivity index (χ4v) is 5.30. The standard InChI is InChI=1S/C28H38N4O3S/c1-20(29)25(33)30-24(28(2,3)4)27(35)32-19-36-18-23(32)26(34)31(17-22-13-9-6-10-14-22)16-15-21-11-7-5-8-12-21/h5-14,20,23-24H,15-19,29H2,1-4H3,(H,30,33)/t20-,23-,24+/m0/s1. The molecule has 7 nitrogen and oxygen atoms in total. The van der Waals surface area contributed by atoms with Crippen molar-refractivity contribution in [2.75, 3.05) is 18.2 Å². The van der Waals surface area contributed by atoms with Crippen molar-refractivity contribution >= 4 is 29.5 Å². The molecule has 1 heterocycles. The molecule has 0 aromatic heterocycles. The Morgan fingerprint density at radius 2 is 1.64 bits per heavy atom. The van der Waals surface area contributed by atoms with Gasteiger partial charge in [-0.15, -0.1) is 11.8 Å². The Bertz CT molecular complexity index is 1020. The minimum atomic E-state index is -0.781. The van der Waals surface area contributed by atoms with Gasteiger partial charge in [0.2, 0.25) is 17.7 Å². The predicted molar refractivity (Wildman–Crippen MR) is 145 cm³/mol. The summed E-state index contributed by atoms with van der Waals surface area (Å²) < 4.78 is 0. The zero-order valence-corrected chi connectivity index (χ0v) is 22.5. The number of carbonyl (C=O) groups is 3. The molecule has 1 fully saturated rings. The minimum absolute atomic E-state index is 0.0701. The molecule has 0 bridgehead atoms. The van der Waals surface area contributed by atoms with Crippen LogP contribution in [0, 0.1) is 5.41 Å². The van der Waals surface area contributed by atoms with Crippen LogP contribution >= 0.6 is 11.8 Å². The average molecular weight is 511 g/mol. The highest BCUT2D eigenvalue weighted by Crippen LogP contribution is 2.28. The van der Waals surface area contributed by atoms with Crippen LogP contribution in [0.3, 0.4) is 0 Å². The van der Waals surface area contributed by atoms with Crippen molar-refractivity contribution in [3.8, 4) is 0 Å². The lowest BCUT2D eigenvalue weighted by molar-refractivity contribution is -0.147. The zero-order chi connectivity index (χ0) is 26.3. The van der Waals surface area contributed by atoms with Crippen LogP contribution in [0.5, 0.6) is 0 Å². The lowest BCUT2D eigenvalue weighted by Crippen LogP contribution is -2.59. The van der Waals surface area contributed by atoms with Crippen LogP contribution in [0.1, 0.15) is 38.8 Å². The first kappa shape index (κ1) is 27.7. The number of rotatable bonds is 9. The summed E-state index contributed by atoms with van der Waals surface area (Å²) >= 11 is 1.56. The number of hydrogen-bond acceptors (Lipinski definition) is 5. The van der Waals surface area contributed by atoms with E-state index in [0.29, 0.717) is 24.7 Å². The van der Waals surface area contributed by atoms with Gasteiger partial charge in [-0.05, 0) is 29.9 Å². The molecule has 2 aromatic carbocycles. The lowest BCUT2D eigenvalue weighted by atomic mass is 9.85. The van der Waals surface area contributed by atoms with Crippen LogP contribution in [0.4, 0.5) is 0 Å². The normalized spacial score (nSPS) is 17.4. The second-order valence-corrected chi connectivity index (χ2v) is 11.4. The lowest BCUT2D eigenvalue weighted by Gasteiger charge is -2.36. The van der Waals surface area contributed by atoms with Gasteiger partial charge in [-0.2, -0.15) is 0 Å². The molecule has 8 heteroatoms. The Morgan fingerprint density at radius 3 is 2.19 bits per heavy atom. The highest BCUT2D eigenvalue weighted by atomic mass is 32.2. The monoisotopic (exact) mass is 510 g/mol. The van der Waals surface area contributed by atoms with Gasteiger partial charge in [0.15, 0.2) is 0 Å². The fraction of sp³-hybridized carbons (Fsp3) is 0.464. The third kappa shape index (κ3) is 7.34. The van der Waals surface area contributed by atoms with Crippen molar-refractivity contribution in [1.29, 1.82) is 0 Å². The number of nitrogens with one attached hydrogen (secondary N) is 1. The molecule has 36 heavy (non-hydrogen) atoms. The van der Waals surface area contributed by atoms with Crippen molar-refractivity contribution in [1.82, 2.24) is 15.1 Å². The van der Waals surface area contributed by atoms with Crippen molar-refractivity contribution in [2.45, 2.75) is 58.8 Å². The van der Waals surface area contributed by atoms with Gasteiger partial charge in [-0.1, -0.05) is 81.4 Å². The summed E-state index contributed by atoms with van der Waals surface area (Å²) in [6, 6.07) is 17.9. The fourth-order valence-electron chi connectivity index (χ4n) is 4.14. The van der Waals surface area contributed by atoms with Crippen LogP contribution in [-0.4, -0.2) is 63.8 Å². The van der Waals surface area contributed by atoms with Gasteiger partial charge < -0.3 is 20.9 Å². The van der Waals surface area contributed by atoms with Gasteiger partial charge in [0.05, 0.1) is 11.9 Å². The zero-order valence-electron chi connectivity index (χ0n) is 21.6. The van der Waals surface area contributed by atoms with Gasteiger partial charge in [-0.3, -0.25) is 14.4 Å². The summed E-state index contributed by atoms with van der Waals surface area (Å²) in [5.41, 5.74) is 7.40. The van der Waals surface area contributed by atoms with Crippen LogP contribution in [-0.2, 0) is 27.3 Å². The molecule has 194 valence electrons. The largest absolute Gasteiger partial charge is 0.342 e. The van der Waals surface area contributed by atoms with Crippen LogP contribution in [0.25, 0.3) is 0 Å². The highest BCUT2D eigenvalue weighted by Gasteiger charge is 2.43. The average Bonchev–Trinajstić information content (AvgIpc) is 3.34. The summed E-state index contributed by atoms with van der Waals surface area (Å²) in [5, 5.41) is 2.82. The summed E-state index contributed by atoms with van der Waals surface area (Å²) in [6.45, 7) is 8.31. The molecule has 3 amide bonds. The molecule has 1 aliphatic heterocycles. The Kier molecular flexibility index (Phi) is 9.56. The molecule has 3 N–H and O–H groups in total. The van der Waals surface area contributed by atoms with Gasteiger partial charge in [0.1, 0.15) is 12.1 Å². The third-order valence-corrected chi connectivity index (χ3v) is 7.32. The number of hydrogen-bond donors (Lipinski definition) is 2. The van der Waals surface area contributed by atoms with E-state index in [1.165, 1.54) is 0 Å². The molecular weight excluding hydrogens is 472 g/mol. The molecule has 1 aliphatic rings. The van der Waals surface area contributed by atoms with E-state index in [-0.39, 0.29) is 17.7 Å². The van der Waals surface area contributed by atoms with Crippen LogP contribution in [0.15, 0.2) is 60.7 Å². The molecule has 3 atom stereocenters. The summed E-state index contributed by atoms with van der Waals surface area (Å²) in [4.78, 5) is 43.5. The van der Waals surface area contributed by atoms with E-state index < -0.39 is 23.5 Å². The van der Waals surface area contributed by atoms with E-state index in [1.54, 1.807) is 23.6 Å². The highest BCUT2D eigenvalue weighted by molar-refractivity contribution is 7.99. The molecule has 0 spiro atoms. The first-order valence-corrected chi connectivity index (χ1v) is 13.5. The maximum Gasteiger partial charge on any atom is 0.247 e. The van der Waals surface area contributed by atoms with E-state index in [1.807, 2.05) is 74.2 Å². The third-order valence-electron chi connectivity index (χ3n) is 6.30. The predicted octanol–water partition coefficient (Wildman–Crippen LogP) is 3.04. The van der Waals surface area contributed by atoms with Crippen molar-refractivity contribution in [3.05, 3.63) is 71.8 Å². The maximum atomic E-state index is 13.9. The molecule has 0 aliphatic carbocycles. The number of nitrogens with two attached hydrogens (primary N) is 1. The van der Waals surface area contributed by atoms with E-state index in [4.69, 9.17) is 5.73 Å². The maximum absolute atomic E-state index is 13.9. The smallest absolute Gasteiger partial charge is 0.247 e. The first-order chi connectivity index (χ1) is 17.1. The quantitative estimate of drug-likeness (QED) is 0.541. The molecule has 2 aromatic rings. The van der Waals surface area contributed by atoms with Crippen LogP contribution in [0.2, 0.25) is 0 Å². The summed E-state index contributed by atoms with van der Waals surface area (Å²) in [7, 11) is 0. The number of thioether (sulfide) groups is 1. The SMILES string of the molecule is C[C@H](N)C(=O)N[C@H](C(=O)N1CSC[C@H]1C(=O)N(CCc1ccccc1)Cc1ccccc1)C(C)(C)C. The molecule has 1 saturated heterocycles. The molecule has 0 radical (unpaired) electrons. The van der Waals surface area contributed by atoms with Gasteiger partial charge in [0.25, 0.3) is 0 Å². The Hall–Kier alpha value is -2.84. The van der Waals surface area contributed by atoms with Crippen molar-refractivity contribution in [3.63, 3.8) is 0 Å². The van der Waals surface area contributed by atoms with Gasteiger partial charge in [-0.25, -0.2) is 0 Å². The van der Waals surface area contributed by atoms with E-state index in [0.717, 1.165) is 17.5 Å². The number of nitrogens with zero attached hydrogens (tertiary/aromatic N) is 2. The van der Waals surface area contributed by atoms with Crippen molar-refractivity contribution in [2.24, 2.45) is 11.1 Å². The Morgan fingerprint density at radius 1 is 1.06 bits per heavy atom. The summed E-state index contributed by atoms with van der Waals surface area (Å²) in [5.74, 6) is 0.237. The van der Waals surface area contributed by atoms with Crippen LogP contribution < -0.4 is 11.1 Å². The van der Waals surface area contributed by atoms with E-state index in [2.05, 4.69) is 17.4 Å². The van der Waals surface area contributed by atoms with Gasteiger partial charge >= 0.3 is 0 Å². The number of benzene rings is 2. The summed E-state index contributed by atoms with van der Waals surface area (Å²) in [6.07, 6.45) is 0.724. The van der Waals surface area contributed by atoms with Crippen molar-refractivity contribution < 1.29 is 14.4 Å². The number of carbonyl (C=O) groups excluding carboxylic acids is 3. The first-order valence-electron chi connectivity index (χ1n) is 12.4. The minimum Gasteiger partial charge on any atom is -0.342 e. The number of amides is 3. The molecule has 3 rings (SSSR count). The van der Waals surface area contributed by atoms with Gasteiger partial charge in [0, 0.05) is 18.8 Å². The Balaban J connectivity index is 1.81. The topological polar surface area (TPSA) is 95.7 Å². The molecule has 0 saturated carbocycles. The molecule has 0 unspecified atom stereocenters. The second-order valence-electron chi connectivity index (χ2n) is 10.4.